The lowest BCUT2D eigenvalue weighted by molar-refractivity contribution is 0.412. The average molecular weight is 467 g/mol. The van der Waals surface area contributed by atoms with Gasteiger partial charge >= 0.3 is 0 Å². The molecule has 3 rings (SSSR count). The predicted octanol–water partition coefficient (Wildman–Crippen LogP) is 4.36. The van der Waals surface area contributed by atoms with Crippen molar-refractivity contribution in [2.24, 2.45) is 5.14 Å². The van der Waals surface area contributed by atoms with E-state index in [1.54, 1.807) is 44.1 Å². The Hall–Kier alpha value is -3.11. The van der Waals surface area contributed by atoms with Crippen LogP contribution in [0.25, 0.3) is 22.3 Å². The molecule has 0 fully saturated rings. The summed E-state index contributed by atoms with van der Waals surface area (Å²) in [6, 6.07) is 9.42. The second kappa shape index (κ2) is 8.44. The zero-order valence-corrected chi connectivity index (χ0v) is 18.6. The summed E-state index contributed by atoms with van der Waals surface area (Å²) in [6.45, 7) is 0. The number of anilines is 2. The molecule has 3 aromatic rings. The maximum Gasteiger partial charge on any atom is 0.238 e. The summed E-state index contributed by atoms with van der Waals surface area (Å²) >= 11 is 0. The molecule has 0 saturated carbocycles. The monoisotopic (exact) mass is 467 g/mol. The molecule has 10 heteroatoms. The minimum Gasteiger partial charge on any atom is -0.376 e. The summed E-state index contributed by atoms with van der Waals surface area (Å²) in [6.07, 6.45) is 0. The molecule has 0 aliphatic heterocycles. The Balaban J connectivity index is 2.49. The van der Waals surface area contributed by atoms with Gasteiger partial charge in [-0.05, 0) is 23.8 Å². The van der Waals surface area contributed by atoms with Crippen molar-refractivity contribution in [3.8, 4) is 22.3 Å². The van der Waals surface area contributed by atoms with Gasteiger partial charge in [0.05, 0.1) is 16.3 Å². The summed E-state index contributed by atoms with van der Waals surface area (Å²) < 4.78 is 82.9. The summed E-state index contributed by atoms with van der Waals surface area (Å²) in [4.78, 5) is 2.95. The number of hydrogen-bond acceptors (Lipinski definition) is 4. The second-order valence-corrected chi connectivity index (χ2v) is 9.07. The smallest absolute Gasteiger partial charge is 0.238 e. The van der Waals surface area contributed by atoms with Crippen molar-refractivity contribution in [3.63, 3.8) is 0 Å². The quantitative estimate of drug-likeness (QED) is 0.344. The molecule has 0 bridgehead atoms. The molecule has 5 nitrogen and oxygen atoms in total. The molecular weight excluding hydrogens is 446 g/mol. The van der Waals surface area contributed by atoms with E-state index < -0.39 is 49.3 Å². The van der Waals surface area contributed by atoms with Crippen molar-refractivity contribution in [2.45, 2.75) is 4.90 Å². The highest BCUT2D eigenvalue weighted by Crippen LogP contribution is 2.43. The molecule has 3 aromatic carbocycles. The standard InChI is InChI=1S/C22H21F4N3O2S/c1-28(2)14-10-9-12(11-15(14)29(3)4)17-18(20(24)22(26)21(25)19(17)23)13-7-5-6-8-16(13)32(27,30)31/h5-11H,1-4H3,(H2,27,30,31). The summed E-state index contributed by atoms with van der Waals surface area (Å²) in [5.74, 6) is -7.43. The van der Waals surface area contributed by atoms with E-state index in [2.05, 4.69) is 0 Å². The van der Waals surface area contributed by atoms with Crippen LogP contribution in [0.5, 0.6) is 0 Å². The molecule has 0 aliphatic carbocycles. The molecule has 0 spiro atoms. The molecule has 0 heterocycles. The Bertz CT molecular complexity index is 1310. The van der Waals surface area contributed by atoms with Gasteiger partial charge in [0.25, 0.3) is 0 Å². The first kappa shape index (κ1) is 23.6. The Morgan fingerprint density at radius 3 is 1.78 bits per heavy atom. The molecule has 2 N–H and O–H groups in total. The van der Waals surface area contributed by atoms with Gasteiger partial charge < -0.3 is 9.80 Å². The fraction of sp³-hybridized carbons (Fsp3) is 0.182. The topological polar surface area (TPSA) is 66.6 Å². The number of nitrogens with two attached hydrogens (primary N) is 1. The molecule has 0 atom stereocenters. The normalized spacial score (nSPS) is 11.5. The van der Waals surface area contributed by atoms with Gasteiger partial charge in [0, 0.05) is 44.9 Å². The van der Waals surface area contributed by atoms with Crippen LogP contribution in [0.15, 0.2) is 47.4 Å². The summed E-state index contributed by atoms with van der Waals surface area (Å²) in [7, 11) is 2.63. The van der Waals surface area contributed by atoms with Gasteiger partial charge in [-0.15, -0.1) is 0 Å². The third-order valence-corrected chi connectivity index (χ3v) is 5.93. The van der Waals surface area contributed by atoms with E-state index in [1.807, 2.05) is 0 Å². The van der Waals surface area contributed by atoms with Crippen LogP contribution < -0.4 is 14.9 Å². The van der Waals surface area contributed by atoms with Crippen molar-refractivity contribution in [1.29, 1.82) is 0 Å². The van der Waals surface area contributed by atoms with Crippen molar-refractivity contribution in [3.05, 3.63) is 65.7 Å². The molecule has 170 valence electrons. The predicted molar refractivity (Wildman–Crippen MR) is 117 cm³/mol. The molecule has 0 saturated heterocycles. The van der Waals surface area contributed by atoms with Crippen LogP contribution in [0.2, 0.25) is 0 Å². The molecule has 0 aliphatic rings. The van der Waals surface area contributed by atoms with Crippen LogP contribution in [0.4, 0.5) is 28.9 Å². The van der Waals surface area contributed by atoms with Crippen molar-refractivity contribution >= 4 is 21.4 Å². The first-order chi connectivity index (χ1) is 14.9. The number of benzene rings is 3. The lowest BCUT2D eigenvalue weighted by Crippen LogP contribution is -2.17. The van der Waals surface area contributed by atoms with E-state index in [0.717, 1.165) is 17.8 Å². The van der Waals surface area contributed by atoms with Crippen LogP contribution in [0.3, 0.4) is 0 Å². The number of primary sulfonamides is 1. The highest BCUT2D eigenvalue weighted by molar-refractivity contribution is 7.89. The maximum absolute atomic E-state index is 15.1. The molecule has 0 amide bonds. The Morgan fingerprint density at radius 2 is 1.25 bits per heavy atom. The van der Waals surface area contributed by atoms with Gasteiger partial charge in [-0.1, -0.05) is 24.3 Å². The van der Waals surface area contributed by atoms with Gasteiger partial charge in [-0.2, -0.15) is 0 Å². The average Bonchev–Trinajstić information content (AvgIpc) is 2.73. The molecule has 32 heavy (non-hydrogen) atoms. The molecule has 0 radical (unpaired) electrons. The Kier molecular flexibility index (Phi) is 6.21. The van der Waals surface area contributed by atoms with Crippen LogP contribution in [-0.4, -0.2) is 36.6 Å². The van der Waals surface area contributed by atoms with Gasteiger partial charge in [0.15, 0.2) is 23.3 Å². The fourth-order valence-electron chi connectivity index (χ4n) is 3.49. The SMILES string of the molecule is CN(C)c1ccc(-c2c(F)c(F)c(F)c(F)c2-c2ccccc2S(N)(=O)=O)cc1N(C)C. The van der Waals surface area contributed by atoms with Crippen molar-refractivity contribution in [1.82, 2.24) is 0 Å². The van der Waals surface area contributed by atoms with Crippen LogP contribution in [0, 0.1) is 23.3 Å². The lowest BCUT2D eigenvalue weighted by Gasteiger charge is -2.24. The maximum atomic E-state index is 15.1. The minimum atomic E-state index is -4.39. The van der Waals surface area contributed by atoms with E-state index in [1.165, 1.54) is 24.3 Å². The molecule has 0 unspecified atom stereocenters. The summed E-state index contributed by atoms with van der Waals surface area (Å²) in [5.41, 5.74) is -0.409. The first-order valence-electron chi connectivity index (χ1n) is 9.33. The Labute approximate surface area is 183 Å². The van der Waals surface area contributed by atoms with E-state index >= 15 is 8.78 Å². The van der Waals surface area contributed by atoms with E-state index in [4.69, 9.17) is 5.14 Å². The third kappa shape index (κ3) is 4.03. The molecular formula is C22H21F4N3O2S. The van der Waals surface area contributed by atoms with E-state index in [0.29, 0.717) is 5.69 Å². The zero-order chi connectivity index (χ0) is 24.0. The van der Waals surface area contributed by atoms with Crippen LogP contribution in [0.1, 0.15) is 0 Å². The first-order valence-corrected chi connectivity index (χ1v) is 10.9. The van der Waals surface area contributed by atoms with Gasteiger partial charge in [-0.3, -0.25) is 0 Å². The van der Waals surface area contributed by atoms with Crippen LogP contribution >= 0.6 is 0 Å². The largest absolute Gasteiger partial charge is 0.376 e. The van der Waals surface area contributed by atoms with Gasteiger partial charge in [0.1, 0.15) is 0 Å². The Morgan fingerprint density at radius 1 is 0.719 bits per heavy atom. The number of rotatable bonds is 5. The van der Waals surface area contributed by atoms with Crippen molar-refractivity contribution < 1.29 is 26.0 Å². The molecule has 0 aromatic heterocycles. The van der Waals surface area contributed by atoms with E-state index in [9.17, 15) is 17.2 Å². The number of sulfonamides is 1. The summed E-state index contributed by atoms with van der Waals surface area (Å²) in [5, 5.41) is 5.23. The van der Waals surface area contributed by atoms with Crippen LogP contribution in [-0.2, 0) is 10.0 Å². The third-order valence-electron chi connectivity index (χ3n) is 4.96. The second-order valence-electron chi connectivity index (χ2n) is 7.54. The van der Waals surface area contributed by atoms with Gasteiger partial charge in [-0.25, -0.2) is 31.1 Å². The highest BCUT2D eigenvalue weighted by atomic mass is 32.2. The highest BCUT2D eigenvalue weighted by Gasteiger charge is 2.30. The lowest BCUT2D eigenvalue weighted by atomic mass is 9.92. The van der Waals surface area contributed by atoms with Gasteiger partial charge in [0.2, 0.25) is 10.0 Å². The minimum absolute atomic E-state index is 0.0221. The number of nitrogens with zero attached hydrogens (tertiary/aromatic N) is 2. The fourth-order valence-corrected chi connectivity index (χ4v) is 4.24. The number of hydrogen-bond donors (Lipinski definition) is 1. The zero-order valence-electron chi connectivity index (χ0n) is 17.7. The van der Waals surface area contributed by atoms with Crippen molar-refractivity contribution in [2.75, 3.05) is 38.0 Å². The number of halogens is 4. The van der Waals surface area contributed by atoms with E-state index in [-0.39, 0.29) is 11.1 Å².